The molecule has 0 atom stereocenters. The first-order valence-corrected chi connectivity index (χ1v) is 9.70. The van der Waals surface area contributed by atoms with Crippen molar-refractivity contribution in [1.29, 1.82) is 5.26 Å². The largest absolute Gasteiger partial charge is 0.494 e. The number of nitriles is 1. The summed E-state index contributed by atoms with van der Waals surface area (Å²) in [4.78, 5) is 26.5. The Morgan fingerprint density at radius 1 is 1.22 bits per heavy atom. The van der Waals surface area contributed by atoms with Gasteiger partial charge in [0.25, 0.3) is 5.91 Å². The number of anilines is 1. The summed E-state index contributed by atoms with van der Waals surface area (Å²) >= 11 is 0. The van der Waals surface area contributed by atoms with E-state index in [1.807, 2.05) is 6.07 Å². The summed E-state index contributed by atoms with van der Waals surface area (Å²) in [6.45, 7) is 0.817. The van der Waals surface area contributed by atoms with Gasteiger partial charge in [0.2, 0.25) is 0 Å². The van der Waals surface area contributed by atoms with Gasteiger partial charge in [-0.1, -0.05) is 0 Å². The van der Waals surface area contributed by atoms with Gasteiger partial charge in [0.05, 0.1) is 43.1 Å². The smallest absolute Gasteiger partial charge is 0.315 e. The minimum absolute atomic E-state index is 0.0192. The predicted molar refractivity (Wildman–Crippen MR) is 113 cm³/mol. The van der Waals surface area contributed by atoms with Gasteiger partial charge < -0.3 is 20.7 Å². The molecule has 162 valence electrons. The molecular weight excluding hydrogens is 415 g/mol. The van der Waals surface area contributed by atoms with Gasteiger partial charge >= 0.3 is 6.03 Å². The standard InChI is InChI=1S/C22H19FN6O3/c1-32-18-10-14(4-7-16(18)23)20-19(17-12-28(22(25)31)8-9-29(17)27-20)21(30)26-15-5-2-13(11-24)3-6-15/h2-7,10H,8-9,12H2,1H3,(H2,25,31)(H,26,30). The molecule has 4 rings (SSSR count). The van der Waals surface area contributed by atoms with Crippen molar-refractivity contribution in [3.63, 3.8) is 0 Å². The Morgan fingerprint density at radius 2 is 1.97 bits per heavy atom. The molecule has 0 radical (unpaired) electrons. The number of rotatable bonds is 4. The van der Waals surface area contributed by atoms with Crippen LogP contribution in [0.4, 0.5) is 14.9 Å². The average molecular weight is 434 g/mol. The molecule has 0 saturated carbocycles. The Kier molecular flexibility index (Phi) is 5.47. The molecule has 9 nitrogen and oxygen atoms in total. The van der Waals surface area contributed by atoms with Crippen LogP contribution < -0.4 is 15.8 Å². The fourth-order valence-corrected chi connectivity index (χ4v) is 3.58. The molecule has 10 heteroatoms. The number of fused-ring (bicyclic) bond motifs is 1. The zero-order valence-corrected chi connectivity index (χ0v) is 17.1. The number of halogens is 1. The van der Waals surface area contributed by atoms with Gasteiger partial charge in [-0.05, 0) is 42.5 Å². The number of carbonyl (C=O) groups excluding carboxylic acids is 2. The highest BCUT2D eigenvalue weighted by Gasteiger charge is 2.30. The lowest BCUT2D eigenvalue weighted by molar-refractivity contribution is 0.102. The number of benzene rings is 2. The molecule has 2 heterocycles. The van der Waals surface area contributed by atoms with Crippen LogP contribution in [0.2, 0.25) is 0 Å². The molecule has 1 aliphatic heterocycles. The van der Waals surface area contributed by atoms with Gasteiger partial charge in [0.15, 0.2) is 11.6 Å². The van der Waals surface area contributed by atoms with Crippen molar-refractivity contribution in [1.82, 2.24) is 14.7 Å². The van der Waals surface area contributed by atoms with Crippen molar-refractivity contribution in [2.75, 3.05) is 19.0 Å². The van der Waals surface area contributed by atoms with Gasteiger partial charge in [-0.25, -0.2) is 9.18 Å². The molecule has 0 aliphatic carbocycles. The minimum Gasteiger partial charge on any atom is -0.494 e. The number of carbonyl (C=O) groups is 2. The molecule has 2 aromatic carbocycles. The summed E-state index contributed by atoms with van der Waals surface area (Å²) in [5.41, 5.74) is 7.97. The third kappa shape index (κ3) is 3.83. The molecule has 3 amide bonds. The van der Waals surface area contributed by atoms with Crippen LogP contribution in [0.1, 0.15) is 21.6 Å². The predicted octanol–water partition coefficient (Wildman–Crippen LogP) is 2.72. The highest BCUT2D eigenvalue weighted by Crippen LogP contribution is 2.32. The van der Waals surface area contributed by atoms with Gasteiger partial charge in [0.1, 0.15) is 5.69 Å². The van der Waals surface area contributed by atoms with E-state index in [0.29, 0.717) is 41.3 Å². The maximum Gasteiger partial charge on any atom is 0.315 e. The second kappa shape index (κ2) is 8.39. The summed E-state index contributed by atoms with van der Waals surface area (Å²) in [5.74, 6) is -0.977. The molecule has 0 saturated heterocycles. The van der Waals surface area contributed by atoms with E-state index in [1.165, 1.54) is 30.2 Å². The van der Waals surface area contributed by atoms with Crippen molar-refractivity contribution in [2.24, 2.45) is 5.73 Å². The summed E-state index contributed by atoms with van der Waals surface area (Å²) in [6.07, 6.45) is 0. The number of nitrogens with zero attached hydrogens (tertiary/aromatic N) is 4. The number of nitrogens with two attached hydrogens (primary N) is 1. The molecule has 3 N–H and O–H groups in total. The number of aromatic nitrogens is 2. The monoisotopic (exact) mass is 434 g/mol. The van der Waals surface area contributed by atoms with Crippen LogP contribution >= 0.6 is 0 Å². The maximum absolute atomic E-state index is 14.0. The molecule has 0 unspecified atom stereocenters. The van der Waals surface area contributed by atoms with Crippen molar-refractivity contribution in [2.45, 2.75) is 13.1 Å². The first kappa shape index (κ1) is 20.9. The number of nitrogens with one attached hydrogen (secondary N) is 1. The minimum atomic E-state index is -0.596. The Morgan fingerprint density at radius 3 is 2.62 bits per heavy atom. The molecule has 3 aromatic rings. The van der Waals surface area contributed by atoms with Crippen molar-refractivity contribution in [3.05, 3.63) is 65.1 Å². The average Bonchev–Trinajstić information content (AvgIpc) is 3.18. The van der Waals surface area contributed by atoms with Crippen LogP contribution in [0.3, 0.4) is 0 Å². The number of methoxy groups -OCH3 is 1. The zero-order chi connectivity index (χ0) is 22.8. The first-order valence-electron chi connectivity index (χ1n) is 9.70. The van der Waals surface area contributed by atoms with Crippen LogP contribution in [0.25, 0.3) is 11.3 Å². The normalized spacial score (nSPS) is 12.6. The Hall–Kier alpha value is -4.39. The topological polar surface area (TPSA) is 126 Å². The lowest BCUT2D eigenvalue weighted by atomic mass is 10.0. The highest BCUT2D eigenvalue weighted by atomic mass is 19.1. The van der Waals surface area contributed by atoms with E-state index in [1.54, 1.807) is 28.9 Å². The van der Waals surface area contributed by atoms with Crippen molar-refractivity contribution in [3.8, 4) is 23.1 Å². The van der Waals surface area contributed by atoms with Crippen molar-refractivity contribution < 1.29 is 18.7 Å². The zero-order valence-electron chi connectivity index (χ0n) is 17.1. The SMILES string of the molecule is COc1cc(-c2nn3c(c2C(=O)Nc2ccc(C#N)cc2)CN(C(N)=O)CC3)ccc1F. The third-order valence-corrected chi connectivity index (χ3v) is 5.22. The second-order valence-electron chi connectivity index (χ2n) is 7.15. The van der Waals surface area contributed by atoms with Gasteiger partial charge in [-0.3, -0.25) is 9.48 Å². The number of primary amides is 1. The molecule has 32 heavy (non-hydrogen) atoms. The maximum atomic E-state index is 14.0. The first-order chi connectivity index (χ1) is 15.4. The van der Waals surface area contributed by atoms with Gasteiger partial charge in [-0.15, -0.1) is 0 Å². The summed E-state index contributed by atoms with van der Waals surface area (Å²) in [5, 5.41) is 16.3. The van der Waals surface area contributed by atoms with Crippen LogP contribution in [0, 0.1) is 17.1 Å². The number of hydrogen-bond donors (Lipinski definition) is 2. The Bertz CT molecular complexity index is 1250. The van der Waals surface area contributed by atoms with Crippen LogP contribution in [0.5, 0.6) is 5.75 Å². The molecular formula is C22H19FN6O3. The summed E-state index contributed by atoms with van der Waals surface area (Å²) in [7, 11) is 1.35. The van der Waals surface area contributed by atoms with E-state index < -0.39 is 17.8 Å². The lowest BCUT2D eigenvalue weighted by Crippen LogP contribution is -2.42. The van der Waals surface area contributed by atoms with E-state index in [2.05, 4.69) is 10.4 Å². The second-order valence-corrected chi connectivity index (χ2v) is 7.15. The molecule has 1 aliphatic rings. The number of urea groups is 1. The highest BCUT2D eigenvalue weighted by molar-refractivity contribution is 6.09. The van der Waals surface area contributed by atoms with E-state index in [0.717, 1.165) is 0 Å². The van der Waals surface area contributed by atoms with Crippen molar-refractivity contribution >= 4 is 17.6 Å². The van der Waals surface area contributed by atoms with E-state index in [9.17, 15) is 14.0 Å². The molecule has 0 fully saturated rings. The Balaban J connectivity index is 1.79. The third-order valence-electron chi connectivity index (χ3n) is 5.22. The van der Waals surface area contributed by atoms with Crippen LogP contribution in [-0.4, -0.2) is 40.3 Å². The Labute approximate surface area is 182 Å². The van der Waals surface area contributed by atoms with E-state index >= 15 is 0 Å². The number of hydrogen-bond acceptors (Lipinski definition) is 5. The number of amides is 3. The fourth-order valence-electron chi connectivity index (χ4n) is 3.58. The van der Waals surface area contributed by atoms with Gasteiger partial charge in [0, 0.05) is 17.8 Å². The fraction of sp³-hybridized carbons (Fsp3) is 0.182. The van der Waals surface area contributed by atoms with Crippen LogP contribution in [0.15, 0.2) is 42.5 Å². The summed E-state index contributed by atoms with van der Waals surface area (Å²) in [6, 6.07) is 12.0. The summed E-state index contributed by atoms with van der Waals surface area (Å²) < 4.78 is 20.7. The number of ether oxygens (including phenoxy) is 1. The quantitative estimate of drug-likeness (QED) is 0.653. The van der Waals surface area contributed by atoms with E-state index in [4.69, 9.17) is 15.7 Å². The van der Waals surface area contributed by atoms with Crippen LogP contribution in [-0.2, 0) is 13.1 Å². The molecule has 0 spiro atoms. The molecule has 0 bridgehead atoms. The van der Waals surface area contributed by atoms with E-state index in [-0.39, 0.29) is 17.9 Å². The lowest BCUT2D eigenvalue weighted by Gasteiger charge is -2.26. The van der Waals surface area contributed by atoms with Gasteiger partial charge in [-0.2, -0.15) is 10.4 Å². The molecule has 1 aromatic heterocycles.